The van der Waals surface area contributed by atoms with Crippen molar-refractivity contribution < 1.29 is 9.53 Å². The van der Waals surface area contributed by atoms with E-state index in [1.54, 1.807) is 13.0 Å². The minimum absolute atomic E-state index is 0.153. The first-order chi connectivity index (χ1) is 13.1. The molecule has 6 nitrogen and oxygen atoms in total. The van der Waals surface area contributed by atoms with Crippen LogP contribution in [-0.4, -0.2) is 33.4 Å². The molecule has 0 spiro atoms. The lowest BCUT2D eigenvalue weighted by molar-refractivity contribution is -0.126. The van der Waals surface area contributed by atoms with Crippen molar-refractivity contribution in [1.82, 2.24) is 14.8 Å². The summed E-state index contributed by atoms with van der Waals surface area (Å²) in [5, 5.41) is 11.8. The van der Waals surface area contributed by atoms with Crippen molar-refractivity contribution >= 4 is 11.6 Å². The quantitative estimate of drug-likeness (QED) is 0.594. The van der Waals surface area contributed by atoms with Crippen LogP contribution in [0.4, 0.5) is 5.69 Å². The predicted octanol–water partition coefficient (Wildman–Crippen LogP) is 3.90. The number of rotatable bonds is 7. The topological polar surface area (TPSA) is 69.0 Å². The SMILES string of the molecule is C=CCCOC(C)C(=O)Nc1cccc(-c2nnc3n2CCCCC3)c1C. The van der Waals surface area contributed by atoms with Crippen LogP contribution in [0.25, 0.3) is 11.4 Å². The van der Waals surface area contributed by atoms with Gasteiger partial charge in [-0.05, 0) is 44.7 Å². The van der Waals surface area contributed by atoms with Crippen molar-refractivity contribution in [1.29, 1.82) is 0 Å². The number of aryl methyl sites for hydroxylation is 1. The van der Waals surface area contributed by atoms with E-state index in [0.29, 0.717) is 6.61 Å². The molecule has 0 saturated carbocycles. The molecule has 6 heteroatoms. The Labute approximate surface area is 160 Å². The summed E-state index contributed by atoms with van der Waals surface area (Å²) < 4.78 is 7.76. The van der Waals surface area contributed by atoms with E-state index in [1.807, 2.05) is 25.1 Å². The van der Waals surface area contributed by atoms with Crippen LogP contribution in [0.1, 0.15) is 44.0 Å². The highest BCUT2D eigenvalue weighted by Gasteiger charge is 2.20. The Balaban J connectivity index is 1.80. The van der Waals surface area contributed by atoms with Crippen molar-refractivity contribution in [3.8, 4) is 11.4 Å². The van der Waals surface area contributed by atoms with Crippen LogP contribution in [0.3, 0.4) is 0 Å². The molecule has 1 aliphatic heterocycles. The number of nitrogens with zero attached hydrogens (tertiary/aromatic N) is 3. The largest absolute Gasteiger partial charge is 0.368 e. The molecule has 1 aromatic heterocycles. The summed E-state index contributed by atoms with van der Waals surface area (Å²) in [6.07, 6.45) is 6.50. The molecule has 1 aliphatic rings. The van der Waals surface area contributed by atoms with Gasteiger partial charge < -0.3 is 14.6 Å². The first-order valence-electron chi connectivity index (χ1n) is 9.67. The van der Waals surface area contributed by atoms with Crippen LogP contribution in [0.2, 0.25) is 0 Å². The zero-order chi connectivity index (χ0) is 19.2. The summed E-state index contributed by atoms with van der Waals surface area (Å²) in [6, 6.07) is 5.89. The molecule has 1 N–H and O–H groups in total. The second-order valence-corrected chi connectivity index (χ2v) is 6.96. The maximum Gasteiger partial charge on any atom is 0.253 e. The van der Waals surface area contributed by atoms with E-state index < -0.39 is 6.10 Å². The van der Waals surface area contributed by atoms with Crippen LogP contribution in [0.15, 0.2) is 30.9 Å². The number of carbonyl (C=O) groups is 1. The zero-order valence-corrected chi connectivity index (χ0v) is 16.2. The lowest BCUT2D eigenvalue weighted by atomic mass is 10.1. The minimum atomic E-state index is -0.516. The molecule has 2 heterocycles. The number of nitrogens with one attached hydrogen (secondary N) is 1. The maximum atomic E-state index is 12.4. The number of hydrogen-bond acceptors (Lipinski definition) is 4. The molecule has 2 aromatic rings. The Morgan fingerprint density at radius 3 is 3.04 bits per heavy atom. The maximum absolute atomic E-state index is 12.4. The monoisotopic (exact) mass is 368 g/mol. The Morgan fingerprint density at radius 1 is 1.37 bits per heavy atom. The van der Waals surface area contributed by atoms with Crippen molar-refractivity contribution in [2.24, 2.45) is 0 Å². The first-order valence-corrected chi connectivity index (χ1v) is 9.67. The van der Waals surface area contributed by atoms with Gasteiger partial charge in [0.15, 0.2) is 5.82 Å². The molecule has 0 saturated heterocycles. The van der Waals surface area contributed by atoms with Gasteiger partial charge in [0.2, 0.25) is 0 Å². The average Bonchev–Trinajstić information content (AvgIpc) is 2.91. The summed E-state index contributed by atoms with van der Waals surface area (Å²) in [5.74, 6) is 1.79. The Morgan fingerprint density at radius 2 is 2.22 bits per heavy atom. The molecular formula is C21H28N4O2. The molecule has 1 unspecified atom stereocenters. The predicted molar refractivity (Wildman–Crippen MR) is 107 cm³/mol. The van der Waals surface area contributed by atoms with Gasteiger partial charge in [-0.15, -0.1) is 16.8 Å². The third-order valence-corrected chi connectivity index (χ3v) is 5.00. The molecule has 3 rings (SSSR count). The molecule has 27 heavy (non-hydrogen) atoms. The van der Waals surface area contributed by atoms with Gasteiger partial charge in [-0.2, -0.15) is 0 Å². The van der Waals surface area contributed by atoms with Gasteiger partial charge in [0.25, 0.3) is 5.91 Å². The van der Waals surface area contributed by atoms with Crippen LogP contribution in [0, 0.1) is 6.92 Å². The summed E-state index contributed by atoms with van der Waals surface area (Å²) in [7, 11) is 0. The molecule has 1 atom stereocenters. The average molecular weight is 368 g/mol. The Hall–Kier alpha value is -2.47. The van der Waals surface area contributed by atoms with Crippen LogP contribution < -0.4 is 5.32 Å². The van der Waals surface area contributed by atoms with Crippen LogP contribution in [-0.2, 0) is 22.5 Å². The van der Waals surface area contributed by atoms with E-state index in [2.05, 4.69) is 26.7 Å². The summed E-state index contributed by atoms with van der Waals surface area (Å²) in [6.45, 7) is 8.86. The molecule has 0 fully saturated rings. The molecule has 1 amide bonds. The highest BCUT2D eigenvalue weighted by Crippen LogP contribution is 2.29. The number of carbonyl (C=O) groups excluding carboxylic acids is 1. The number of anilines is 1. The normalized spacial score (nSPS) is 14.9. The van der Waals surface area contributed by atoms with Crippen LogP contribution in [0.5, 0.6) is 0 Å². The molecule has 0 aliphatic carbocycles. The third-order valence-electron chi connectivity index (χ3n) is 5.00. The first kappa shape index (κ1) is 19.3. The van der Waals surface area contributed by atoms with Gasteiger partial charge in [0.1, 0.15) is 11.9 Å². The van der Waals surface area contributed by atoms with E-state index in [9.17, 15) is 4.79 Å². The van der Waals surface area contributed by atoms with E-state index in [-0.39, 0.29) is 5.91 Å². The molecule has 0 radical (unpaired) electrons. The highest BCUT2D eigenvalue weighted by atomic mass is 16.5. The molecule has 0 bridgehead atoms. The highest BCUT2D eigenvalue weighted by molar-refractivity contribution is 5.95. The number of benzene rings is 1. The Bertz CT molecular complexity index is 813. The lowest BCUT2D eigenvalue weighted by Gasteiger charge is -2.16. The van der Waals surface area contributed by atoms with Gasteiger partial charge in [-0.1, -0.05) is 24.6 Å². The lowest BCUT2D eigenvalue weighted by Crippen LogP contribution is -2.28. The fourth-order valence-electron chi connectivity index (χ4n) is 3.34. The number of hydrogen-bond donors (Lipinski definition) is 1. The van der Waals surface area contributed by atoms with Crippen molar-refractivity contribution in [3.63, 3.8) is 0 Å². The Kier molecular flexibility index (Phi) is 6.40. The fourth-order valence-corrected chi connectivity index (χ4v) is 3.34. The number of ether oxygens (including phenoxy) is 1. The molecular weight excluding hydrogens is 340 g/mol. The number of aromatic nitrogens is 3. The second kappa shape index (κ2) is 8.95. The summed E-state index contributed by atoms with van der Waals surface area (Å²) >= 11 is 0. The van der Waals surface area contributed by atoms with E-state index in [0.717, 1.165) is 60.7 Å². The van der Waals surface area contributed by atoms with Crippen molar-refractivity contribution in [2.45, 2.75) is 58.6 Å². The fraction of sp³-hybridized carbons (Fsp3) is 0.476. The molecule has 144 valence electrons. The third kappa shape index (κ3) is 4.45. The van der Waals surface area contributed by atoms with Gasteiger partial charge in [-0.3, -0.25) is 4.79 Å². The summed E-state index contributed by atoms with van der Waals surface area (Å²) in [5.41, 5.74) is 2.78. The van der Waals surface area contributed by atoms with E-state index >= 15 is 0 Å². The van der Waals surface area contributed by atoms with E-state index in [4.69, 9.17) is 4.74 Å². The van der Waals surface area contributed by atoms with Gasteiger partial charge >= 0.3 is 0 Å². The summed E-state index contributed by atoms with van der Waals surface area (Å²) in [4.78, 5) is 12.4. The van der Waals surface area contributed by atoms with E-state index in [1.165, 1.54) is 6.42 Å². The van der Waals surface area contributed by atoms with Crippen molar-refractivity contribution in [3.05, 3.63) is 42.2 Å². The second-order valence-electron chi connectivity index (χ2n) is 6.96. The zero-order valence-electron chi connectivity index (χ0n) is 16.2. The van der Waals surface area contributed by atoms with Gasteiger partial charge in [0.05, 0.1) is 6.61 Å². The smallest absolute Gasteiger partial charge is 0.253 e. The minimum Gasteiger partial charge on any atom is -0.368 e. The number of fused-ring (bicyclic) bond motifs is 1. The molecule has 1 aromatic carbocycles. The number of amides is 1. The van der Waals surface area contributed by atoms with Crippen LogP contribution >= 0.6 is 0 Å². The standard InChI is InChI=1S/C21H28N4O2/c1-4-5-14-27-16(3)21(26)22-18-11-9-10-17(15(18)2)20-24-23-19-12-7-6-8-13-25(19)20/h4,9-11,16H,1,5-8,12-14H2,2-3H3,(H,22,26). The van der Waals surface area contributed by atoms with Gasteiger partial charge in [0, 0.05) is 24.2 Å². The van der Waals surface area contributed by atoms with Crippen molar-refractivity contribution in [2.75, 3.05) is 11.9 Å². The van der Waals surface area contributed by atoms with Gasteiger partial charge in [-0.25, -0.2) is 0 Å².